The summed E-state index contributed by atoms with van der Waals surface area (Å²) < 4.78 is 2.35. The average molecular weight is 550 g/mol. The van der Waals surface area contributed by atoms with Gasteiger partial charge in [0.1, 0.15) is 0 Å². The fourth-order valence-electron chi connectivity index (χ4n) is 5.91. The zero-order chi connectivity index (χ0) is 28.6. The summed E-state index contributed by atoms with van der Waals surface area (Å²) in [5, 5.41) is 2.50. The first-order valence-electron chi connectivity index (χ1n) is 14.5. The van der Waals surface area contributed by atoms with Crippen molar-refractivity contribution in [1.82, 2.24) is 14.5 Å². The van der Waals surface area contributed by atoms with Gasteiger partial charge in [0.05, 0.1) is 22.4 Å². The van der Waals surface area contributed by atoms with E-state index in [1.54, 1.807) is 0 Å². The van der Waals surface area contributed by atoms with Gasteiger partial charge in [0.15, 0.2) is 5.82 Å². The molecule has 202 valence electrons. The molecule has 0 radical (unpaired) electrons. The van der Waals surface area contributed by atoms with E-state index in [9.17, 15) is 0 Å². The molecular weight excluding hydrogens is 522 g/mol. The Bertz CT molecular complexity index is 2140. The molecule has 3 nitrogen and oxygen atoms in total. The number of hydrogen-bond acceptors (Lipinski definition) is 2. The van der Waals surface area contributed by atoms with Crippen molar-refractivity contribution in [2.45, 2.75) is 0 Å². The molecule has 0 atom stereocenters. The molecule has 0 fully saturated rings. The molecule has 0 saturated heterocycles. The highest BCUT2D eigenvalue weighted by Gasteiger charge is 2.14. The lowest BCUT2D eigenvalue weighted by molar-refractivity contribution is 1.18. The van der Waals surface area contributed by atoms with Crippen molar-refractivity contribution in [2.75, 3.05) is 0 Å². The highest BCUT2D eigenvalue weighted by Crippen LogP contribution is 2.35. The van der Waals surface area contributed by atoms with Crippen LogP contribution < -0.4 is 0 Å². The minimum atomic E-state index is 0.723. The maximum Gasteiger partial charge on any atom is 0.160 e. The predicted octanol–water partition coefficient (Wildman–Crippen LogP) is 10.2. The second kappa shape index (κ2) is 10.6. The van der Waals surface area contributed by atoms with Crippen LogP contribution in [0.5, 0.6) is 0 Å². The fourth-order valence-corrected chi connectivity index (χ4v) is 5.91. The maximum atomic E-state index is 4.99. The van der Waals surface area contributed by atoms with Crippen LogP contribution in [0.15, 0.2) is 164 Å². The zero-order valence-corrected chi connectivity index (χ0v) is 23.4. The molecule has 0 unspecified atom stereocenters. The second-order valence-electron chi connectivity index (χ2n) is 10.7. The standard InChI is InChI=1S/C40H27N3/c1-4-12-29(13-5-1)36-27-37(42-40(41-36)31-14-6-2-7-15-31)30-22-20-28(21-23-30)32-24-25-39-35(26-32)34-18-10-11-19-38(34)43(39)33-16-8-3-9-17-33/h1-27H. The number of para-hydroxylation sites is 2. The molecule has 0 amide bonds. The van der Waals surface area contributed by atoms with Crippen LogP contribution >= 0.6 is 0 Å². The van der Waals surface area contributed by atoms with Crippen LogP contribution in [-0.2, 0) is 0 Å². The van der Waals surface area contributed by atoms with E-state index in [4.69, 9.17) is 9.97 Å². The minimum absolute atomic E-state index is 0.723. The summed E-state index contributed by atoms with van der Waals surface area (Å²) in [6.45, 7) is 0. The Morgan fingerprint density at radius 3 is 1.56 bits per heavy atom. The van der Waals surface area contributed by atoms with E-state index in [2.05, 4.69) is 132 Å². The molecule has 43 heavy (non-hydrogen) atoms. The maximum absolute atomic E-state index is 4.99. The van der Waals surface area contributed by atoms with Gasteiger partial charge >= 0.3 is 0 Å². The molecule has 3 heteroatoms. The van der Waals surface area contributed by atoms with Gasteiger partial charge in [0, 0.05) is 33.2 Å². The lowest BCUT2D eigenvalue weighted by Gasteiger charge is -2.10. The number of fused-ring (bicyclic) bond motifs is 3. The molecule has 2 aromatic heterocycles. The topological polar surface area (TPSA) is 30.7 Å². The van der Waals surface area contributed by atoms with Gasteiger partial charge in [-0.3, -0.25) is 0 Å². The van der Waals surface area contributed by atoms with Crippen LogP contribution in [0, 0.1) is 0 Å². The van der Waals surface area contributed by atoms with Crippen LogP contribution in [0.25, 0.3) is 72.5 Å². The van der Waals surface area contributed by atoms with E-state index in [1.807, 2.05) is 36.4 Å². The van der Waals surface area contributed by atoms with Crippen molar-refractivity contribution >= 4 is 21.8 Å². The Labute approximate surface area is 250 Å². The number of aromatic nitrogens is 3. The Kier molecular flexibility index (Phi) is 6.12. The number of hydrogen-bond donors (Lipinski definition) is 0. The molecule has 8 aromatic rings. The van der Waals surface area contributed by atoms with E-state index in [0.717, 1.165) is 33.9 Å². The third-order valence-corrected chi connectivity index (χ3v) is 8.03. The summed E-state index contributed by atoms with van der Waals surface area (Å²) in [4.78, 5) is 9.92. The molecule has 0 N–H and O–H groups in total. The van der Waals surface area contributed by atoms with Crippen LogP contribution in [0.4, 0.5) is 0 Å². The van der Waals surface area contributed by atoms with Crippen molar-refractivity contribution in [3.05, 3.63) is 164 Å². The van der Waals surface area contributed by atoms with Crippen LogP contribution in [0.3, 0.4) is 0 Å². The van der Waals surface area contributed by atoms with E-state index >= 15 is 0 Å². The lowest BCUT2D eigenvalue weighted by atomic mass is 10.00. The average Bonchev–Trinajstić information content (AvgIpc) is 3.43. The highest BCUT2D eigenvalue weighted by atomic mass is 15.0. The largest absolute Gasteiger partial charge is 0.309 e. The Hall–Kier alpha value is -5.80. The Balaban J connectivity index is 1.21. The summed E-state index contributed by atoms with van der Waals surface area (Å²) >= 11 is 0. The molecule has 0 aliphatic rings. The third kappa shape index (κ3) is 4.58. The second-order valence-corrected chi connectivity index (χ2v) is 10.7. The van der Waals surface area contributed by atoms with E-state index in [0.29, 0.717) is 0 Å². The van der Waals surface area contributed by atoms with Gasteiger partial charge < -0.3 is 4.57 Å². The van der Waals surface area contributed by atoms with E-state index in [-0.39, 0.29) is 0 Å². The summed E-state index contributed by atoms with van der Waals surface area (Å²) in [6, 6.07) is 57.3. The van der Waals surface area contributed by atoms with Crippen molar-refractivity contribution in [3.63, 3.8) is 0 Å². The van der Waals surface area contributed by atoms with Gasteiger partial charge in [-0.2, -0.15) is 0 Å². The minimum Gasteiger partial charge on any atom is -0.309 e. The Morgan fingerprint density at radius 2 is 0.860 bits per heavy atom. The molecule has 0 bridgehead atoms. The normalized spacial score (nSPS) is 11.3. The third-order valence-electron chi connectivity index (χ3n) is 8.03. The van der Waals surface area contributed by atoms with Crippen molar-refractivity contribution in [2.24, 2.45) is 0 Å². The molecular formula is C40H27N3. The smallest absolute Gasteiger partial charge is 0.160 e. The first kappa shape index (κ1) is 25.0. The number of nitrogens with zero attached hydrogens (tertiary/aromatic N) is 3. The van der Waals surface area contributed by atoms with Crippen LogP contribution in [-0.4, -0.2) is 14.5 Å². The van der Waals surface area contributed by atoms with Crippen LogP contribution in [0.2, 0.25) is 0 Å². The zero-order valence-electron chi connectivity index (χ0n) is 23.4. The van der Waals surface area contributed by atoms with Crippen molar-refractivity contribution in [1.29, 1.82) is 0 Å². The van der Waals surface area contributed by atoms with Crippen molar-refractivity contribution < 1.29 is 0 Å². The molecule has 0 aliphatic heterocycles. The van der Waals surface area contributed by atoms with Gasteiger partial charge in [-0.15, -0.1) is 0 Å². The molecule has 0 spiro atoms. The van der Waals surface area contributed by atoms with Gasteiger partial charge in [0.2, 0.25) is 0 Å². The highest BCUT2D eigenvalue weighted by molar-refractivity contribution is 6.10. The molecule has 0 aliphatic carbocycles. The first-order chi connectivity index (χ1) is 21.3. The summed E-state index contributed by atoms with van der Waals surface area (Å²) in [7, 11) is 0. The van der Waals surface area contributed by atoms with E-state index in [1.165, 1.54) is 38.6 Å². The molecule has 0 saturated carbocycles. The molecule has 6 aromatic carbocycles. The molecule has 8 rings (SSSR count). The number of rotatable bonds is 5. The summed E-state index contributed by atoms with van der Waals surface area (Å²) in [5.74, 6) is 0.723. The van der Waals surface area contributed by atoms with Gasteiger partial charge in [-0.05, 0) is 47.5 Å². The SMILES string of the molecule is c1ccc(-c2cc(-c3ccc(-c4ccc5c(c4)c4ccccc4n5-c4ccccc4)cc3)nc(-c3ccccc3)n2)cc1. The Morgan fingerprint density at radius 1 is 0.349 bits per heavy atom. The monoisotopic (exact) mass is 549 g/mol. The quantitative estimate of drug-likeness (QED) is 0.214. The van der Waals surface area contributed by atoms with Gasteiger partial charge in [0.25, 0.3) is 0 Å². The molecule has 2 heterocycles. The first-order valence-corrected chi connectivity index (χ1v) is 14.5. The van der Waals surface area contributed by atoms with Crippen LogP contribution in [0.1, 0.15) is 0 Å². The summed E-state index contributed by atoms with van der Waals surface area (Å²) in [5.41, 5.74) is 10.9. The van der Waals surface area contributed by atoms with Gasteiger partial charge in [-0.25, -0.2) is 9.97 Å². The van der Waals surface area contributed by atoms with Gasteiger partial charge in [-0.1, -0.05) is 127 Å². The number of benzene rings is 6. The van der Waals surface area contributed by atoms with E-state index < -0.39 is 0 Å². The predicted molar refractivity (Wildman–Crippen MR) is 178 cm³/mol. The fraction of sp³-hybridized carbons (Fsp3) is 0. The van der Waals surface area contributed by atoms with Crippen molar-refractivity contribution in [3.8, 4) is 50.7 Å². The summed E-state index contributed by atoms with van der Waals surface area (Å²) in [6.07, 6.45) is 0. The lowest BCUT2D eigenvalue weighted by Crippen LogP contribution is -1.95.